The minimum atomic E-state index is -0.744. The zero-order valence-corrected chi connectivity index (χ0v) is 10.5. The van der Waals surface area contributed by atoms with Gasteiger partial charge in [0.05, 0.1) is 4.83 Å². The third kappa shape index (κ3) is 2.90. The minimum Gasteiger partial charge on any atom is -0.207 e. The molecule has 5 heteroatoms. The molecule has 0 unspecified atom stereocenters. The summed E-state index contributed by atoms with van der Waals surface area (Å²) in [4.78, 5) is -0.687. The van der Waals surface area contributed by atoms with E-state index < -0.39 is 28.1 Å². The van der Waals surface area contributed by atoms with Crippen LogP contribution in [0.25, 0.3) is 0 Å². The zero-order chi connectivity index (χ0) is 13.3. The Hall–Kier alpha value is -1.36. The first kappa shape index (κ1) is 13.1. The Bertz CT molecular complexity index is 491. The van der Waals surface area contributed by atoms with E-state index in [0.29, 0.717) is 0 Å². The number of hydrogen-bond donors (Lipinski definition) is 0. The van der Waals surface area contributed by atoms with E-state index in [1.54, 1.807) is 0 Å². The van der Waals surface area contributed by atoms with Crippen LogP contribution in [-0.2, 0) is 0 Å². The standard InChI is InChI=1S/C13H7BrF4/c14-13(7-1-9(15)5-10(16)2-7)8-3-11(17)6-12(18)4-8/h1-6,13H. The molecular formula is C13H7BrF4. The second-order valence-corrected chi connectivity index (χ2v) is 4.68. The lowest BCUT2D eigenvalue weighted by atomic mass is 10.0. The molecule has 2 rings (SSSR count). The van der Waals surface area contributed by atoms with Crippen LogP contribution in [0.5, 0.6) is 0 Å². The highest BCUT2D eigenvalue weighted by Crippen LogP contribution is 2.32. The lowest BCUT2D eigenvalue weighted by Crippen LogP contribution is -1.97. The van der Waals surface area contributed by atoms with Crippen LogP contribution in [0.15, 0.2) is 36.4 Å². The van der Waals surface area contributed by atoms with E-state index in [0.717, 1.165) is 36.4 Å². The van der Waals surface area contributed by atoms with Gasteiger partial charge in [-0.2, -0.15) is 0 Å². The maximum atomic E-state index is 13.1. The molecule has 0 nitrogen and oxygen atoms in total. The number of halogens is 5. The number of rotatable bonds is 2. The average Bonchev–Trinajstić information content (AvgIpc) is 2.25. The van der Waals surface area contributed by atoms with Gasteiger partial charge in [-0.05, 0) is 35.4 Å². The second-order valence-electron chi connectivity index (χ2n) is 3.77. The summed E-state index contributed by atoms with van der Waals surface area (Å²) in [5.74, 6) is -2.98. The van der Waals surface area contributed by atoms with Crippen molar-refractivity contribution in [1.82, 2.24) is 0 Å². The molecular weight excluding hydrogens is 312 g/mol. The highest BCUT2D eigenvalue weighted by molar-refractivity contribution is 9.09. The van der Waals surface area contributed by atoms with Crippen molar-refractivity contribution < 1.29 is 17.6 Å². The summed E-state index contributed by atoms with van der Waals surface area (Å²) in [7, 11) is 0. The normalized spacial score (nSPS) is 11.0. The maximum absolute atomic E-state index is 13.1. The fourth-order valence-electron chi connectivity index (χ4n) is 1.64. The Labute approximate surface area is 109 Å². The summed E-state index contributed by atoms with van der Waals surface area (Å²) >= 11 is 3.16. The molecule has 0 amide bonds. The van der Waals surface area contributed by atoms with Gasteiger partial charge in [0.1, 0.15) is 23.3 Å². The zero-order valence-electron chi connectivity index (χ0n) is 8.93. The number of benzene rings is 2. The van der Waals surface area contributed by atoms with Crippen LogP contribution in [-0.4, -0.2) is 0 Å². The molecule has 0 N–H and O–H groups in total. The van der Waals surface area contributed by atoms with Gasteiger partial charge in [-0.1, -0.05) is 15.9 Å². The Morgan fingerprint density at radius 3 is 1.17 bits per heavy atom. The van der Waals surface area contributed by atoms with Crippen LogP contribution in [0.4, 0.5) is 17.6 Å². The van der Waals surface area contributed by atoms with E-state index in [-0.39, 0.29) is 11.1 Å². The molecule has 0 aromatic heterocycles. The molecule has 0 atom stereocenters. The highest BCUT2D eigenvalue weighted by atomic mass is 79.9. The minimum absolute atomic E-state index is 0.248. The average molecular weight is 319 g/mol. The summed E-state index contributed by atoms with van der Waals surface area (Å²) in [5.41, 5.74) is 0.495. The van der Waals surface area contributed by atoms with E-state index in [4.69, 9.17) is 0 Å². The third-order valence-electron chi connectivity index (χ3n) is 2.36. The number of hydrogen-bond acceptors (Lipinski definition) is 0. The van der Waals surface area contributed by atoms with E-state index in [9.17, 15) is 17.6 Å². The molecule has 0 aliphatic rings. The Kier molecular flexibility index (Phi) is 3.71. The molecule has 0 aliphatic heterocycles. The SMILES string of the molecule is Fc1cc(F)cc(C(Br)c2cc(F)cc(F)c2)c1. The summed E-state index contributed by atoms with van der Waals surface area (Å²) in [5, 5.41) is 0. The van der Waals surface area contributed by atoms with Crippen LogP contribution in [0.3, 0.4) is 0 Å². The fourth-order valence-corrected chi connectivity index (χ4v) is 2.16. The van der Waals surface area contributed by atoms with Crippen LogP contribution in [0.1, 0.15) is 16.0 Å². The molecule has 0 fully saturated rings. The van der Waals surface area contributed by atoms with Gasteiger partial charge in [-0.3, -0.25) is 0 Å². The monoisotopic (exact) mass is 318 g/mol. The Morgan fingerprint density at radius 1 is 0.611 bits per heavy atom. The van der Waals surface area contributed by atoms with Crippen LogP contribution in [0.2, 0.25) is 0 Å². The van der Waals surface area contributed by atoms with Gasteiger partial charge in [0.15, 0.2) is 0 Å². The van der Waals surface area contributed by atoms with Gasteiger partial charge in [0.2, 0.25) is 0 Å². The van der Waals surface area contributed by atoms with Gasteiger partial charge < -0.3 is 0 Å². The Morgan fingerprint density at radius 2 is 0.889 bits per heavy atom. The molecule has 2 aromatic carbocycles. The first-order valence-corrected chi connectivity index (χ1v) is 5.93. The van der Waals surface area contributed by atoms with Crippen molar-refractivity contribution in [3.63, 3.8) is 0 Å². The first-order chi connectivity index (χ1) is 8.45. The van der Waals surface area contributed by atoms with E-state index in [2.05, 4.69) is 15.9 Å². The van der Waals surface area contributed by atoms with Gasteiger partial charge in [0, 0.05) is 12.1 Å². The summed E-state index contributed by atoms with van der Waals surface area (Å²) in [6, 6.07) is 5.87. The molecule has 0 radical (unpaired) electrons. The van der Waals surface area contributed by atoms with Crippen LogP contribution < -0.4 is 0 Å². The van der Waals surface area contributed by atoms with Gasteiger partial charge >= 0.3 is 0 Å². The summed E-state index contributed by atoms with van der Waals surface area (Å²) in [6.07, 6.45) is 0. The van der Waals surface area contributed by atoms with E-state index in [1.807, 2.05) is 0 Å². The predicted octanol–water partition coefficient (Wildman–Crippen LogP) is 4.73. The predicted molar refractivity (Wildman–Crippen MR) is 63.5 cm³/mol. The van der Waals surface area contributed by atoms with Gasteiger partial charge in [0.25, 0.3) is 0 Å². The van der Waals surface area contributed by atoms with Crippen LogP contribution >= 0.6 is 15.9 Å². The lowest BCUT2D eigenvalue weighted by Gasteiger charge is -2.11. The molecule has 18 heavy (non-hydrogen) atoms. The quantitative estimate of drug-likeness (QED) is 0.555. The highest BCUT2D eigenvalue weighted by Gasteiger charge is 2.14. The largest absolute Gasteiger partial charge is 0.207 e. The maximum Gasteiger partial charge on any atom is 0.126 e. The van der Waals surface area contributed by atoms with Gasteiger partial charge in [-0.25, -0.2) is 17.6 Å². The molecule has 0 heterocycles. The smallest absolute Gasteiger partial charge is 0.126 e. The van der Waals surface area contributed by atoms with Crippen molar-refractivity contribution in [2.45, 2.75) is 4.83 Å². The topological polar surface area (TPSA) is 0 Å². The summed E-state index contributed by atoms with van der Waals surface area (Å²) in [6.45, 7) is 0. The van der Waals surface area contributed by atoms with Crippen molar-refractivity contribution in [2.24, 2.45) is 0 Å². The molecule has 0 saturated heterocycles. The fraction of sp³-hybridized carbons (Fsp3) is 0.0769. The Balaban J connectivity index is 2.43. The molecule has 0 aliphatic carbocycles. The molecule has 0 bridgehead atoms. The molecule has 2 aromatic rings. The van der Waals surface area contributed by atoms with Crippen molar-refractivity contribution in [1.29, 1.82) is 0 Å². The molecule has 0 spiro atoms. The van der Waals surface area contributed by atoms with Crippen molar-refractivity contribution in [2.75, 3.05) is 0 Å². The van der Waals surface area contributed by atoms with Gasteiger partial charge in [-0.15, -0.1) is 0 Å². The molecule has 94 valence electrons. The van der Waals surface area contributed by atoms with Crippen LogP contribution in [0, 0.1) is 23.3 Å². The first-order valence-electron chi connectivity index (χ1n) is 5.02. The lowest BCUT2D eigenvalue weighted by molar-refractivity contribution is 0.577. The molecule has 0 saturated carbocycles. The third-order valence-corrected chi connectivity index (χ3v) is 3.41. The van der Waals surface area contributed by atoms with Crippen molar-refractivity contribution >= 4 is 15.9 Å². The van der Waals surface area contributed by atoms with E-state index >= 15 is 0 Å². The van der Waals surface area contributed by atoms with Crippen molar-refractivity contribution in [3.8, 4) is 0 Å². The van der Waals surface area contributed by atoms with E-state index in [1.165, 1.54) is 0 Å². The second kappa shape index (κ2) is 5.10. The van der Waals surface area contributed by atoms with Crippen molar-refractivity contribution in [3.05, 3.63) is 70.8 Å². The number of alkyl halides is 1. The summed E-state index contributed by atoms with van der Waals surface area (Å²) < 4.78 is 52.2.